The highest BCUT2D eigenvalue weighted by molar-refractivity contribution is 6.70. The highest BCUT2D eigenvalue weighted by atomic mass is 19.1. The summed E-state index contributed by atoms with van der Waals surface area (Å²) in [4.78, 5) is 0. The van der Waals surface area contributed by atoms with E-state index in [9.17, 15) is 0 Å². The summed E-state index contributed by atoms with van der Waals surface area (Å²) in [5.41, 5.74) is 22.8. The molecule has 2 N–H and O–H groups in total. The van der Waals surface area contributed by atoms with E-state index in [1.807, 2.05) is 0 Å². The number of nitrogen functional groups attached to an aromatic ring is 1. The molecular weight excluding hydrogens is 357 g/mol. The van der Waals surface area contributed by atoms with Gasteiger partial charge >= 0.3 is 0 Å². The van der Waals surface area contributed by atoms with Gasteiger partial charge in [-0.25, -0.2) is 4.39 Å². The summed E-state index contributed by atoms with van der Waals surface area (Å²) in [5.74, 6) is -0.355. The lowest BCUT2D eigenvalue weighted by atomic mass is 9.59. The Morgan fingerprint density at radius 2 is 0.833 bits per heavy atom. The standard InChI is InChI=1S/C18H24B10FN/c19-8-6(9(20)13(24)16(27)12(8)23)3-1-4(18(30)5(29)2-3)7-10(21)14(25)17(28)15(26)11(7)22/h1-2H,19-28,30H2. The molecule has 1 nitrogen and oxygen atoms in total. The van der Waals surface area contributed by atoms with E-state index in [4.69, 9.17) is 5.73 Å². The van der Waals surface area contributed by atoms with Crippen LogP contribution in [0.5, 0.6) is 0 Å². The van der Waals surface area contributed by atoms with Crippen molar-refractivity contribution in [2.75, 3.05) is 5.73 Å². The SMILES string of the molecule is Bc1c(B)c(B)c(-c2cc(F)c(N)c(-c3c(B)c(B)c(B)c(B)c3B)c2)c(B)c1B. The van der Waals surface area contributed by atoms with Gasteiger partial charge in [0.15, 0.2) is 0 Å². The first-order valence-corrected chi connectivity index (χ1v) is 10.6. The molecule has 0 aromatic heterocycles. The third kappa shape index (κ3) is 3.33. The number of hydrogen-bond acceptors (Lipinski definition) is 1. The molecule has 138 valence electrons. The van der Waals surface area contributed by atoms with Crippen molar-refractivity contribution in [2.45, 2.75) is 0 Å². The summed E-state index contributed by atoms with van der Waals surface area (Å²) in [5, 5.41) is 0. The Balaban J connectivity index is 2.44. The summed E-state index contributed by atoms with van der Waals surface area (Å²) in [6.07, 6.45) is 0. The maximum atomic E-state index is 15.2. The first kappa shape index (κ1) is 22.7. The average Bonchev–Trinajstić information content (AvgIpc) is 2.71. The number of nitrogens with two attached hydrogens (primary N) is 1. The predicted molar refractivity (Wildman–Crippen MR) is 163 cm³/mol. The molecule has 3 rings (SSSR count). The van der Waals surface area contributed by atoms with E-state index >= 15 is 4.39 Å². The van der Waals surface area contributed by atoms with Crippen molar-refractivity contribution in [3.63, 3.8) is 0 Å². The molecular formula is C18H24B10FN. The molecule has 0 radical (unpaired) electrons. The molecule has 3 aromatic rings. The van der Waals surface area contributed by atoms with E-state index in [1.54, 1.807) is 6.07 Å². The minimum atomic E-state index is -0.355. The Labute approximate surface area is 189 Å². The molecule has 0 aliphatic carbocycles. The van der Waals surface area contributed by atoms with Crippen LogP contribution in [-0.2, 0) is 0 Å². The van der Waals surface area contributed by atoms with Crippen molar-refractivity contribution in [3.8, 4) is 22.3 Å². The molecule has 30 heavy (non-hydrogen) atoms. The zero-order valence-corrected chi connectivity index (χ0v) is 20.1. The zero-order chi connectivity index (χ0) is 22.7. The topological polar surface area (TPSA) is 26.0 Å². The Kier molecular flexibility index (Phi) is 6.02. The molecule has 12 heteroatoms. The van der Waals surface area contributed by atoms with E-state index in [2.05, 4.69) is 84.5 Å². The minimum absolute atomic E-state index is 0.225. The molecule has 0 aliphatic rings. The second-order valence-corrected chi connectivity index (χ2v) is 8.92. The van der Waals surface area contributed by atoms with Gasteiger partial charge in [0.25, 0.3) is 0 Å². The van der Waals surface area contributed by atoms with Crippen LogP contribution in [0, 0.1) is 5.82 Å². The van der Waals surface area contributed by atoms with Crippen molar-refractivity contribution < 1.29 is 4.39 Å². The summed E-state index contributed by atoms with van der Waals surface area (Å²) in [6, 6.07) is 3.69. The molecule has 0 fully saturated rings. The lowest BCUT2D eigenvalue weighted by Gasteiger charge is -2.24. The smallest absolute Gasteiger partial charge is 0.147 e. The second kappa shape index (κ2) is 7.94. The van der Waals surface area contributed by atoms with E-state index in [1.165, 1.54) is 54.6 Å². The van der Waals surface area contributed by atoms with Crippen molar-refractivity contribution >= 4 is 139 Å². The van der Waals surface area contributed by atoms with E-state index in [-0.39, 0.29) is 11.5 Å². The summed E-state index contributed by atoms with van der Waals surface area (Å²) in [7, 11) is 21.4. The van der Waals surface area contributed by atoms with Crippen LogP contribution in [0.2, 0.25) is 0 Å². The Hall–Kier alpha value is -1.96. The zero-order valence-electron chi connectivity index (χ0n) is 20.1. The molecule has 0 aliphatic heterocycles. The van der Waals surface area contributed by atoms with Crippen LogP contribution < -0.4 is 60.4 Å². The van der Waals surface area contributed by atoms with Gasteiger partial charge in [0.2, 0.25) is 0 Å². The van der Waals surface area contributed by atoms with Gasteiger partial charge in [0.1, 0.15) is 84.3 Å². The van der Waals surface area contributed by atoms with Gasteiger partial charge in [-0.05, 0) is 28.8 Å². The highest BCUT2D eigenvalue weighted by Crippen LogP contribution is 2.30. The maximum Gasteiger partial charge on any atom is 0.147 e. The van der Waals surface area contributed by atoms with Gasteiger partial charge in [-0.2, -0.15) is 0 Å². The molecule has 0 unspecified atom stereocenters. The number of anilines is 1. The van der Waals surface area contributed by atoms with Gasteiger partial charge in [-0.1, -0.05) is 21.9 Å². The summed E-state index contributed by atoms with van der Waals surface area (Å²) < 4.78 is 15.2. The number of benzene rings is 3. The van der Waals surface area contributed by atoms with Gasteiger partial charge in [0, 0.05) is 5.56 Å². The first-order valence-electron chi connectivity index (χ1n) is 10.6. The lowest BCUT2D eigenvalue weighted by molar-refractivity contribution is 0.633. The molecule has 0 heterocycles. The first-order chi connectivity index (χ1) is 13.9. The summed E-state index contributed by atoms with van der Waals surface area (Å²) in [6.45, 7) is 0. The van der Waals surface area contributed by atoms with Crippen LogP contribution in [0.25, 0.3) is 22.3 Å². The van der Waals surface area contributed by atoms with Gasteiger partial charge in [0.05, 0.1) is 5.69 Å². The van der Waals surface area contributed by atoms with Crippen LogP contribution in [0.1, 0.15) is 0 Å². The Morgan fingerprint density at radius 1 is 0.500 bits per heavy atom. The maximum absolute atomic E-state index is 15.2. The van der Waals surface area contributed by atoms with Crippen LogP contribution in [-0.4, -0.2) is 78.5 Å². The van der Waals surface area contributed by atoms with Crippen molar-refractivity contribution in [2.24, 2.45) is 0 Å². The molecule has 0 saturated heterocycles. The minimum Gasteiger partial charge on any atom is -0.396 e. The van der Waals surface area contributed by atoms with Crippen molar-refractivity contribution in [3.05, 3.63) is 17.9 Å². The normalized spacial score (nSPS) is 11.0. The monoisotopic (exact) mass is 383 g/mol. The quantitative estimate of drug-likeness (QED) is 0.346. The van der Waals surface area contributed by atoms with E-state index < -0.39 is 0 Å². The van der Waals surface area contributed by atoms with Crippen molar-refractivity contribution in [1.29, 1.82) is 0 Å². The van der Waals surface area contributed by atoms with Gasteiger partial charge < -0.3 is 5.73 Å². The van der Waals surface area contributed by atoms with Gasteiger partial charge in [-0.3, -0.25) is 0 Å². The summed E-state index contributed by atoms with van der Waals surface area (Å²) >= 11 is 0. The second-order valence-electron chi connectivity index (χ2n) is 8.92. The van der Waals surface area contributed by atoms with E-state index in [0.717, 1.165) is 22.3 Å². The molecule has 0 atom stereocenters. The third-order valence-corrected chi connectivity index (χ3v) is 7.69. The van der Waals surface area contributed by atoms with Crippen LogP contribution in [0.15, 0.2) is 12.1 Å². The largest absolute Gasteiger partial charge is 0.396 e. The third-order valence-electron chi connectivity index (χ3n) is 7.69. The lowest BCUT2D eigenvalue weighted by Crippen LogP contribution is -2.55. The fraction of sp³-hybridized carbons (Fsp3) is 0. The molecule has 0 spiro atoms. The molecule has 3 aromatic carbocycles. The van der Waals surface area contributed by atoms with Crippen LogP contribution >= 0.6 is 0 Å². The van der Waals surface area contributed by atoms with Crippen LogP contribution in [0.4, 0.5) is 10.1 Å². The van der Waals surface area contributed by atoms with Gasteiger partial charge in [-0.15, -0.1) is 32.8 Å². The number of rotatable bonds is 2. The van der Waals surface area contributed by atoms with Crippen LogP contribution in [0.3, 0.4) is 0 Å². The molecule has 0 amide bonds. The van der Waals surface area contributed by atoms with Crippen molar-refractivity contribution in [1.82, 2.24) is 0 Å². The average molecular weight is 382 g/mol. The van der Waals surface area contributed by atoms with E-state index in [0.29, 0.717) is 0 Å². The molecule has 0 bridgehead atoms. The fourth-order valence-electron chi connectivity index (χ4n) is 4.81. The Morgan fingerprint density at radius 3 is 1.23 bits per heavy atom. The number of halogens is 1. The predicted octanol–water partition coefficient (Wildman–Crippen LogP) is -12.7. The molecule has 0 saturated carbocycles. The Bertz CT molecular complexity index is 1170. The highest BCUT2D eigenvalue weighted by Gasteiger charge is 2.20. The number of hydrogen-bond donors (Lipinski definition) is 1. The fourth-order valence-corrected chi connectivity index (χ4v) is 4.81.